The van der Waals surface area contributed by atoms with Crippen molar-refractivity contribution in [1.29, 1.82) is 0 Å². The van der Waals surface area contributed by atoms with Gasteiger partial charge in [0.2, 0.25) is 23.6 Å². The third kappa shape index (κ3) is 6.96. The van der Waals surface area contributed by atoms with Crippen LogP contribution in [-0.2, 0) is 31.6 Å². The number of nitrogens with one attached hydrogen (secondary N) is 2. The number of amides is 4. The number of aryl methyl sites for hydroxylation is 1. The summed E-state index contributed by atoms with van der Waals surface area (Å²) in [5.41, 5.74) is 5.17. The van der Waals surface area contributed by atoms with Crippen LogP contribution in [0.1, 0.15) is 50.1 Å². The molecule has 3 N–H and O–H groups in total. The summed E-state index contributed by atoms with van der Waals surface area (Å²) < 4.78 is 3.09. The third-order valence-corrected chi connectivity index (χ3v) is 14.5. The number of imidazole rings is 1. The minimum Gasteiger partial charge on any atom is -0.507 e. The van der Waals surface area contributed by atoms with Crippen LogP contribution in [-0.4, -0.2) is 98.8 Å². The molecule has 0 radical (unpaired) electrons. The van der Waals surface area contributed by atoms with Crippen LogP contribution in [0.5, 0.6) is 5.75 Å². The molecule has 4 atom stereocenters. The van der Waals surface area contributed by atoms with E-state index in [0.29, 0.717) is 62.3 Å². The number of carbonyl (C=O) groups excluding carboxylic acids is 4. The van der Waals surface area contributed by atoms with E-state index in [1.165, 1.54) is 10.1 Å². The number of phenols is 1. The van der Waals surface area contributed by atoms with E-state index in [1.807, 2.05) is 47.4 Å². The highest BCUT2D eigenvalue weighted by atomic mass is 16.3. The van der Waals surface area contributed by atoms with Crippen molar-refractivity contribution in [2.75, 3.05) is 55.6 Å². The van der Waals surface area contributed by atoms with Crippen molar-refractivity contribution in [3.05, 3.63) is 101 Å². The van der Waals surface area contributed by atoms with Crippen molar-refractivity contribution in [3.8, 4) is 17.0 Å². The number of para-hydroxylation sites is 2. The maximum atomic E-state index is 13.9. The van der Waals surface area contributed by atoms with Gasteiger partial charge < -0.3 is 25.1 Å². The van der Waals surface area contributed by atoms with Crippen LogP contribution in [0.15, 0.2) is 89.9 Å². The van der Waals surface area contributed by atoms with E-state index >= 15 is 0 Å². The lowest BCUT2D eigenvalue weighted by Gasteiger charge is -2.43. The highest BCUT2D eigenvalue weighted by Gasteiger charge is 2.60. The molecule has 320 valence electrons. The van der Waals surface area contributed by atoms with E-state index in [2.05, 4.69) is 54.9 Å². The van der Waals surface area contributed by atoms with Crippen LogP contribution in [0, 0.1) is 23.7 Å². The van der Waals surface area contributed by atoms with Crippen LogP contribution in [0.25, 0.3) is 22.3 Å². The first-order chi connectivity index (χ1) is 30.1. The zero-order chi connectivity index (χ0) is 42.7. The molecule has 5 aromatic rings. The maximum absolute atomic E-state index is 13.9. The lowest BCUT2D eigenvalue weighted by atomic mass is 9.72. The van der Waals surface area contributed by atoms with E-state index in [1.54, 1.807) is 29.9 Å². The second kappa shape index (κ2) is 15.8. The summed E-state index contributed by atoms with van der Waals surface area (Å²) in [7, 11) is 1.71. The fraction of sp³-hybridized carbons (Fsp3) is 0.426. The molecule has 1 saturated carbocycles. The zero-order valence-corrected chi connectivity index (χ0v) is 34.8. The number of anilines is 2. The quantitative estimate of drug-likeness (QED) is 0.186. The van der Waals surface area contributed by atoms with Gasteiger partial charge in [-0.25, -0.2) is 4.79 Å². The number of nitrogens with zero attached hydrogens (tertiary/aromatic N) is 7. The van der Waals surface area contributed by atoms with Gasteiger partial charge in [0, 0.05) is 82.1 Å². The van der Waals surface area contributed by atoms with E-state index in [0.717, 1.165) is 42.8 Å². The minimum absolute atomic E-state index is 0.0795. The molecule has 0 bridgehead atoms. The summed E-state index contributed by atoms with van der Waals surface area (Å²) in [5.74, 6) is -0.204. The molecule has 15 heteroatoms. The van der Waals surface area contributed by atoms with Crippen LogP contribution in [0.4, 0.5) is 11.4 Å². The second-order valence-electron chi connectivity index (χ2n) is 17.8. The van der Waals surface area contributed by atoms with Crippen LogP contribution < -0.4 is 26.1 Å². The van der Waals surface area contributed by atoms with Gasteiger partial charge in [-0.05, 0) is 79.8 Å². The summed E-state index contributed by atoms with van der Waals surface area (Å²) in [5, 5.41) is 24.7. The Labute approximate surface area is 358 Å². The van der Waals surface area contributed by atoms with Crippen LogP contribution in [0.3, 0.4) is 0 Å². The normalized spacial score (nSPS) is 23.6. The van der Waals surface area contributed by atoms with Crippen molar-refractivity contribution >= 4 is 46.0 Å². The zero-order valence-electron chi connectivity index (χ0n) is 34.8. The van der Waals surface area contributed by atoms with Gasteiger partial charge in [-0.2, -0.15) is 10.2 Å². The van der Waals surface area contributed by atoms with Crippen molar-refractivity contribution in [3.63, 3.8) is 0 Å². The standard InChI is InChI=1S/C47H51N9O6/c1-52-42-36(11-7-12-37(42)56(46(52)62)38-14-15-40(58)50-43(38)59)54-20-16-29(17-21-54)45(61)55-26-33-34(27-55)41(33)44(60)48-28-47(30-8-3-2-4-9-30)18-22-53(23-19-47)31-24-35(51-49-25-31)32-10-5-6-13-39(32)57/h2-13,24-25,29,33-34,38,41,57H,14-23,26-28H2,1H3,(H,48,60)(H,50,58,59)/t33-,34+,38-,41?/m1/s1. The Hall–Kier alpha value is -6.51. The molecule has 15 nitrogen and oxygen atoms in total. The van der Waals surface area contributed by atoms with Crippen molar-refractivity contribution in [2.45, 2.75) is 50.0 Å². The molecule has 10 rings (SSSR count). The van der Waals surface area contributed by atoms with Gasteiger partial charge in [-0.3, -0.25) is 33.6 Å². The Morgan fingerprint density at radius 3 is 2.32 bits per heavy atom. The minimum atomic E-state index is -0.751. The molecule has 4 amide bonds. The molecule has 62 heavy (non-hydrogen) atoms. The number of benzene rings is 3. The Morgan fingerprint density at radius 1 is 0.871 bits per heavy atom. The van der Waals surface area contributed by atoms with Crippen molar-refractivity contribution in [2.24, 2.45) is 30.7 Å². The SMILES string of the molecule is Cn1c(=O)n([C@@H]2CCC(=O)NC2=O)c2cccc(N3CCC(C(=O)N4C[C@@H]5C(C(=O)NCC6(c7ccccc7)CCN(c7cnnc(-c8ccccc8O)c7)CC6)[C@@H]5C4)CC3)c21. The molecule has 5 aliphatic rings. The molecule has 6 heterocycles. The number of fused-ring (bicyclic) bond motifs is 2. The topological polar surface area (TPSA) is 175 Å². The fourth-order valence-corrected chi connectivity index (χ4v) is 10.9. The number of phenolic OH excluding ortho intramolecular Hbond substituents is 1. The van der Waals surface area contributed by atoms with E-state index in [9.17, 15) is 29.1 Å². The lowest BCUT2D eigenvalue weighted by Crippen LogP contribution is -2.49. The van der Waals surface area contributed by atoms with Gasteiger partial charge in [0.05, 0.1) is 34.3 Å². The highest BCUT2D eigenvalue weighted by molar-refractivity contribution is 6.00. The number of carbonyl (C=O) groups is 4. The molecular weight excluding hydrogens is 787 g/mol. The summed E-state index contributed by atoms with van der Waals surface area (Å²) in [6.45, 7) is 4.61. The summed E-state index contributed by atoms with van der Waals surface area (Å²) in [6, 6.07) is 24.5. The highest BCUT2D eigenvalue weighted by Crippen LogP contribution is 2.52. The number of hydrogen-bond donors (Lipinski definition) is 3. The largest absolute Gasteiger partial charge is 0.507 e. The van der Waals surface area contributed by atoms with Gasteiger partial charge in [-0.1, -0.05) is 48.5 Å². The van der Waals surface area contributed by atoms with Crippen molar-refractivity contribution in [1.82, 2.24) is 34.9 Å². The predicted molar refractivity (Wildman–Crippen MR) is 232 cm³/mol. The number of imide groups is 1. The van der Waals surface area contributed by atoms with Gasteiger partial charge in [-0.15, -0.1) is 0 Å². The molecule has 0 spiro atoms. The van der Waals surface area contributed by atoms with E-state index < -0.39 is 11.9 Å². The first-order valence-corrected chi connectivity index (χ1v) is 21.9. The average molecular weight is 838 g/mol. The molecule has 4 aliphatic heterocycles. The first kappa shape index (κ1) is 39.6. The van der Waals surface area contributed by atoms with Crippen LogP contribution >= 0.6 is 0 Å². The van der Waals surface area contributed by atoms with Crippen molar-refractivity contribution < 1.29 is 24.3 Å². The smallest absolute Gasteiger partial charge is 0.329 e. The number of piperidine rings is 4. The maximum Gasteiger partial charge on any atom is 0.329 e. The number of rotatable bonds is 9. The molecular formula is C47H51N9O6. The van der Waals surface area contributed by atoms with Gasteiger partial charge in [0.15, 0.2) is 0 Å². The van der Waals surface area contributed by atoms with Crippen LogP contribution in [0.2, 0.25) is 0 Å². The molecule has 1 unspecified atom stereocenters. The Bertz CT molecular complexity index is 2620. The fourth-order valence-electron chi connectivity index (χ4n) is 10.9. The Balaban J connectivity index is 0.740. The lowest BCUT2D eigenvalue weighted by molar-refractivity contribution is -0.137. The number of likely N-dealkylation sites (tertiary alicyclic amines) is 1. The van der Waals surface area contributed by atoms with Gasteiger partial charge >= 0.3 is 5.69 Å². The first-order valence-electron chi connectivity index (χ1n) is 21.9. The van der Waals surface area contributed by atoms with E-state index in [4.69, 9.17) is 0 Å². The summed E-state index contributed by atoms with van der Waals surface area (Å²) in [6.07, 6.45) is 5.27. The molecule has 3 aromatic carbocycles. The molecule has 4 saturated heterocycles. The monoisotopic (exact) mass is 837 g/mol. The molecule has 2 aromatic heterocycles. The summed E-state index contributed by atoms with van der Waals surface area (Å²) >= 11 is 0. The Kier molecular flexibility index (Phi) is 10.1. The van der Waals surface area contributed by atoms with Gasteiger partial charge in [0.25, 0.3) is 0 Å². The second-order valence-corrected chi connectivity index (χ2v) is 17.8. The number of aromatic hydroxyl groups is 1. The number of aromatic nitrogens is 4. The Morgan fingerprint density at radius 2 is 1.60 bits per heavy atom. The third-order valence-electron chi connectivity index (χ3n) is 14.5. The average Bonchev–Trinajstić information content (AvgIpc) is 3.68. The van der Waals surface area contributed by atoms with E-state index in [-0.39, 0.29) is 71.1 Å². The number of hydrogen-bond acceptors (Lipinski definition) is 10. The summed E-state index contributed by atoms with van der Waals surface area (Å²) in [4.78, 5) is 72.2. The van der Waals surface area contributed by atoms with Gasteiger partial charge in [0.1, 0.15) is 11.8 Å². The molecule has 1 aliphatic carbocycles. The predicted octanol–water partition coefficient (Wildman–Crippen LogP) is 3.76. The molecule has 5 fully saturated rings.